The summed E-state index contributed by atoms with van der Waals surface area (Å²) in [6.07, 6.45) is 1.92. The molecule has 0 spiro atoms. The molecule has 0 saturated carbocycles. The van der Waals surface area contributed by atoms with E-state index in [0.29, 0.717) is 18.8 Å². The highest BCUT2D eigenvalue weighted by Gasteiger charge is 2.26. The number of nitrogens with zero attached hydrogens (tertiary/aromatic N) is 1. The number of carbonyl (C=O) groups is 1. The molecule has 0 fully saturated rings. The van der Waals surface area contributed by atoms with Crippen molar-refractivity contribution in [1.82, 2.24) is 4.31 Å². The molecule has 0 atom stereocenters. The third-order valence-corrected chi connectivity index (χ3v) is 7.07. The Bertz CT molecular complexity index is 931. The van der Waals surface area contributed by atoms with Crippen LogP contribution in [0.2, 0.25) is 5.02 Å². The van der Waals surface area contributed by atoms with Crippen molar-refractivity contribution in [3.05, 3.63) is 47.5 Å². The van der Waals surface area contributed by atoms with Gasteiger partial charge in [0.25, 0.3) is 5.91 Å². The maximum absolute atomic E-state index is 12.9. The van der Waals surface area contributed by atoms with Gasteiger partial charge >= 0.3 is 0 Å². The van der Waals surface area contributed by atoms with Crippen LogP contribution in [0.3, 0.4) is 0 Å². The minimum atomic E-state index is -3.78. The average Bonchev–Trinajstić information content (AvgIpc) is 2.68. The smallest absolute Gasteiger partial charge is 0.262 e. The molecule has 1 amide bonds. The standard InChI is InChI=1S/C19H23ClN2O4S2/c1-4-22(5-2)28(24,25)18-12-14(20)10-11-16(18)26-13-19(23)21-15-8-6-7-9-17(15)27-3/h6-12H,4-5,13H2,1-3H3,(H,21,23). The van der Waals surface area contributed by atoms with Gasteiger partial charge in [-0.05, 0) is 36.6 Å². The number of halogens is 1. The molecule has 2 rings (SSSR count). The maximum atomic E-state index is 12.9. The van der Waals surface area contributed by atoms with Crippen LogP contribution in [0.25, 0.3) is 0 Å². The number of hydrogen-bond acceptors (Lipinski definition) is 5. The third kappa shape index (κ3) is 5.41. The molecule has 152 valence electrons. The minimum absolute atomic E-state index is 0.0546. The lowest BCUT2D eigenvalue weighted by atomic mass is 10.3. The number of ether oxygens (including phenoxy) is 1. The van der Waals surface area contributed by atoms with E-state index >= 15 is 0 Å². The summed E-state index contributed by atoms with van der Waals surface area (Å²) in [5.41, 5.74) is 0.677. The number of anilines is 1. The number of carbonyl (C=O) groups excluding carboxylic acids is 1. The first-order valence-electron chi connectivity index (χ1n) is 8.68. The second kappa shape index (κ2) is 10.2. The van der Waals surface area contributed by atoms with E-state index in [1.807, 2.05) is 24.5 Å². The summed E-state index contributed by atoms with van der Waals surface area (Å²) in [4.78, 5) is 13.2. The van der Waals surface area contributed by atoms with Crippen LogP contribution in [0.1, 0.15) is 13.8 Å². The van der Waals surface area contributed by atoms with Crippen LogP contribution in [0.5, 0.6) is 5.75 Å². The van der Waals surface area contributed by atoms with E-state index in [0.717, 1.165) is 4.90 Å². The molecule has 0 aliphatic rings. The Kier molecular flexibility index (Phi) is 8.18. The Balaban J connectivity index is 2.19. The van der Waals surface area contributed by atoms with E-state index < -0.39 is 10.0 Å². The van der Waals surface area contributed by atoms with Gasteiger partial charge in [0.15, 0.2) is 6.61 Å². The van der Waals surface area contributed by atoms with Gasteiger partial charge in [0, 0.05) is 23.0 Å². The highest BCUT2D eigenvalue weighted by molar-refractivity contribution is 7.98. The van der Waals surface area contributed by atoms with E-state index in [1.54, 1.807) is 19.9 Å². The second-order valence-electron chi connectivity index (χ2n) is 5.72. The first kappa shape index (κ1) is 22.5. The van der Waals surface area contributed by atoms with Crippen molar-refractivity contribution in [3.63, 3.8) is 0 Å². The van der Waals surface area contributed by atoms with Gasteiger partial charge in [0.2, 0.25) is 10.0 Å². The van der Waals surface area contributed by atoms with Crippen LogP contribution < -0.4 is 10.1 Å². The van der Waals surface area contributed by atoms with Gasteiger partial charge < -0.3 is 10.1 Å². The van der Waals surface area contributed by atoms with E-state index in [4.69, 9.17) is 16.3 Å². The largest absolute Gasteiger partial charge is 0.482 e. The van der Waals surface area contributed by atoms with Crippen molar-refractivity contribution in [2.45, 2.75) is 23.6 Å². The lowest BCUT2D eigenvalue weighted by Gasteiger charge is -2.20. The lowest BCUT2D eigenvalue weighted by molar-refractivity contribution is -0.118. The van der Waals surface area contributed by atoms with Gasteiger partial charge in [-0.15, -0.1) is 11.8 Å². The Morgan fingerprint density at radius 3 is 2.50 bits per heavy atom. The molecule has 0 bridgehead atoms. The van der Waals surface area contributed by atoms with E-state index in [2.05, 4.69) is 5.32 Å². The number of nitrogens with one attached hydrogen (secondary N) is 1. The first-order valence-corrected chi connectivity index (χ1v) is 11.7. The first-order chi connectivity index (χ1) is 13.3. The fraction of sp³-hybridized carbons (Fsp3) is 0.316. The van der Waals surface area contributed by atoms with Crippen LogP contribution in [-0.4, -0.2) is 44.6 Å². The molecular weight excluding hydrogens is 420 g/mol. The van der Waals surface area contributed by atoms with Crippen LogP contribution >= 0.6 is 23.4 Å². The molecule has 6 nitrogen and oxygen atoms in total. The van der Waals surface area contributed by atoms with Crippen LogP contribution in [-0.2, 0) is 14.8 Å². The fourth-order valence-electron chi connectivity index (χ4n) is 2.58. The summed E-state index contributed by atoms with van der Waals surface area (Å²) in [5, 5.41) is 3.05. The zero-order chi connectivity index (χ0) is 20.7. The number of rotatable bonds is 9. The molecule has 0 radical (unpaired) electrons. The van der Waals surface area contributed by atoms with E-state index in [9.17, 15) is 13.2 Å². The quantitative estimate of drug-likeness (QED) is 0.591. The van der Waals surface area contributed by atoms with Gasteiger partial charge in [-0.25, -0.2) is 8.42 Å². The molecule has 2 aromatic rings. The van der Waals surface area contributed by atoms with Gasteiger partial charge in [-0.1, -0.05) is 37.6 Å². The summed E-state index contributed by atoms with van der Waals surface area (Å²) in [5.74, 6) is -0.299. The highest BCUT2D eigenvalue weighted by Crippen LogP contribution is 2.30. The molecule has 0 aliphatic heterocycles. The second-order valence-corrected chi connectivity index (χ2v) is 8.91. The number of amides is 1. The topological polar surface area (TPSA) is 75.7 Å². The normalized spacial score (nSPS) is 11.5. The Morgan fingerprint density at radius 2 is 1.86 bits per heavy atom. The van der Waals surface area contributed by atoms with E-state index in [-0.39, 0.29) is 28.2 Å². The van der Waals surface area contributed by atoms with Gasteiger partial charge in [0.05, 0.1) is 5.69 Å². The maximum Gasteiger partial charge on any atom is 0.262 e. The highest BCUT2D eigenvalue weighted by atomic mass is 35.5. The number of thioether (sulfide) groups is 1. The van der Waals surface area contributed by atoms with Crippen molar-refractivity contribution in [2.75, 3.05) is 31.3 Å². The molecule has 0 aliphatic carbocycles. The zero-order valence-corrected chi connectivity index (χ0v) is 18.3. The van der Waals surface area contributed by atoms with Crippen LogP contribution in [0.4, 0.5) is 5.69 Å². The average molecular weight is 443 g/mol. The molecule has 0 aromatic heterocycles. The van der Waals surface area contributed by atoms with Crippen LogP contribution in [0.15, 0.2) is 52.3 Å². The molecule has 0 heterocycles. The van der Waals surface area contributed by atoms with Crippen molar-refractivity contribution in [2.24, 2.45) is 0 Å². The SMILES string of the molecule is CCN(CC)S(=O)(=O)c1cc(Cl)ccc1OCC(=O)Nc1ccccc1SC. The minimum Gasteiger partial charge on any atom is -0.482 e. The predicted octanol–water partition coefficient (Wildman–Crippen LogP) is 4.11. The predicted molar refractivity (Wildman–Crippen MR) is 114 cm³/mol. The zero-order valence-electron chi connectivity index (χ0n) is 15.9. The van der Waals surface area contributed by atoms with Crippen molar-refractivity contribution in [1.29, 1.82) is 0 Å². The Morgan fingerprint density at radius 1 is 1.18 bits per heavy atom. The summed E-state index contributed by atoms with van der Waals surface area (Å²) in [6, 6.07) is 11.7. The molecule has 2 aromatic carbocycles. The molecular formula is C19H23ClN2O4S2. The van der Waals surface area contributed by atoms with Crippen molar-refractivity contribution in [3.8, 4) is 5.75 Å². The van der Waals surface area contributed by atoms with Gasteiger partial charge in [-0.3, -0.25) is 4.79 Å². The molecule has 28 heavy (non-hydrogen) atoms. The molecule has 9 heteroatoms. The fourth-order valence-corrected chi connectivity index (χ4v) is 4.99. The summed E-state index contributed by atoms with van der Waals surface area (Å²) in [7, 11) is -3.78. The lowest BCUT2D eigenvalue weighted by Crippen LogP contribution is -2.31. The van der Waals surface area contributed by atoms with E-state index in [1.165, 1.54) is 34.3 Å². The molecule has 0 saturated heterocycles. The summed E-state index contributed by atoms with van der Waals surface area (Å²) < 4.78 is 32.6. The van der Waals surface area contributed by atoms with Gasteiger partial charge in [0.1, 0.15) is 10.6 Å². The Labute approximate surface area is 175 Å². The summed E-state index contributed by atoms with van der Waals surface area (Å²) in [6.45, 7) is 3.81. The number of benzene rings is 2. The molecule has 0 unspecified atom stereocenters. The van der Waals surface area contributed by atoms with Crippen molar-refractivity contribution < 1.29 is 17.9 Å². The van der Waals surface area contributed by atoms with Crippen molar-refractivity contribution >= 4 is 45.0 Å². The Hall–Kier alpha value is -1.74. The number of hydrogen-bond donors (Lipinski definition) is 1. The van der Waals surface area contributed by atoms with Gasteiger partial charge in [-0.2, -0.15) is 4.31 Å². The third-order valence-electron chi connectivity index (χ3n) is 3.97. The number of sulfonamides is 1. The summed E-state index contributed by atoms with van der Waals surface area (Å²) >= 11 is 7.51. The number of para-hydroxylation sites is 1. The monoisotopic (exact) mass is 442 g/mol. The molecule has 1 N–H and O–H groups in total. The van der Waals surface area contributed by atoms with Crippen LogP contribution in [0, 0.1) is 0 Å².